The van der Waals surface area contributed by atoms with Crippen LogP contribution in [-0.2, 0) is 9.47 Å². The molecule has 0 aromatic heterocycles. The molecule has 0 radical (unpaired) electrons. The quantitative estimate of drug-likeness (QED) is 0.754. The van der Waals surface area contributed by atoms with Crippen LogP contribution in [-0.4, -0.2) is 25.2 Å². The van der Waals surface area contributed by atoms with Crippen LogP contribution >= 0.6 is 0 Å². The summed E-state index contributed by atoms with van der Waals surface area (Å²) in [5.74, 6) is -0.576. The molecule has 0 saturated heterocycles. The van der Waals surface area contributed by atoms with Gasteiger partial charge in [0.15, 0.2) is 0 Å². The minimum absolute atomic E-state index is 0.280. The molecule has 4 heteroatoms. The lowest BCUT2D eigenvalue weighted by atomic mass is 10.1. The SMILES string of the molecule is CCOC(=O)c1cccc(C(=O)OCC(C)C)c1. The van der Waals surface area contributed by atoms with Crippen molar-refractivity contribution in [2.24, 2.45) is 5.92 Å². The van der Waals surface area contributed by atoms with Crippen LogP contribution in [0.5, 0.6) is 0 Å². The van der Waals surface area contributed by atoms with Gasteiger partial charge in [0.25, 0.3) is 0 Å². The van der Waals surface area contributed by atoms with E-state index >= 15 is 0 Å². The highest BCUT2D eigenvalue weighted by molar-refractivity contribution is 5.95. The summed E-state index contributed by atoms with van der Waals surface area (Å²) in [6.45, 7) is 6.33. The molecule has 0 bridgehead atoms. The third-order valence-electron chi connectivity index (χ3n) is 2.16. The van der Waals surface area contributed by atoms with E-state index in [4.69, 9.17) is 9.47 Å². The maximum atomic E-state index is 11.7. The van der Waals surface area contributed by atoms with Gasteiger partial charge in [-0.3, -0.25) is 0 Å². The lowest BCUT2D eigenvalue weighted by Crippen LogP contribution is -2.11. The van der Waals surface area contributed by atoms with Gasteiger partial charge in [-0.1, -0.05) is 19.9 Å². The van der Waals surface area contributed by atoms with Gasteiger partial charge in [-0.2, -0.15) is 0 Å². The molecular formula is C14H18O4. The summed E-state index contributed by atoms with van der Waals surface area (Å²) in [5, 5.41) is 0. The van der Waals surface area contributed by atoms with E-state index in [0.29, 0.717) is 24.3 Å². The van der Waals surface area contributed by atoms with Crippen LogP contribution in [0.4, 0.5) is 0 Å². The van der Waals surface area contributed by atoms with Crippen molar-refractivity contribution in [3.8, 4) is 0 Å². The summed E-state index contributed by atoms with van der Waals surface area (Å²) in [4.78, 5) is 23.2. The van der Waals surface area contributed by atoms with Crippen LogP contribution in [0.15, 0.2) is 24.3 Å². The Labute approximate surface area is 107 Å². The Morgan fingerprint density at radius 3 is 2.17 bits per heavy atom. The maximum Gasteiger partial charge on any atom is 0.338 e. The van der Waals surface area contributed by atoms with Crippen LogP contribution in [0.1, 0.15) is 41.5 Å². The molecule has 1 aromatic carbocycles. The Morgan fingerprint density at radius 1 is 1.11 bits per heavy atom. The Hall–Kier alpha value is -1.84. The van der Waals surface area contributed by atoms with Gasteiger partial charge in [0, 0.05) is 0 Å². The first kappa shape index (κ1) is 14.2. The molecule has 0 heterocycles. The number of hydrogen-bond acceptors (Lipinski definition) is 4. The molecule has 0 aliphatic carbocycles. The van der Waals surface area contributed by atoms with E-state index in [1.807, 2.05) is 13.8 Å². The second kappa shape index (κ2) is 6.79. The molecule has 0 amide bonds. The van der Waals surface area contributed by atoms with Crippen molar-refractivity contribution >= 4 is 11.9 Å². The minimum atomic E-state index is -0.434. The van der Waals surface area contributed by atoms with Gasteiger partial charge in [-0.05, 0) is 31.0 Å². The van der Waals surface area contributed by atoms with Gasteiger partial charge in [0.1, 0.15) is 0 Å². The average Bonchev–Trinajstić information content (AvgIpc) is 2.36. The molecule has 0 atom stereocenters. The summed E-state index contributed by atoms with van der Waals surface area (Å²) >= 11 is 0. The first-order chi connectivity index (χ1) is 8.54. The Bertz CT molecular complexity index is 424. The summed E-state index contributed by atoms with van der Waals surface area (Å²) in [6, 6.07) is 6.35. The molecule has 0 unspecified atom stereocenters. The van der Waals surface area contributed by atoms with Gasteiger partial charge in [0.2, 0.25) is 0 Å². The van der Waals surface area contributed by atoms with E-state index in [9.17, 15) is 9.59 Å². The highest BCUT2D eigenvalue weighted by Crippen LogP contribution is 2.09. The molecule has 0 saturated carbocycles. The second-order valence-electron chi connectivity index (χ2n) is 4.29. The van der Waals surface area contributed by atoms with Gasteiger partial charge < -0.3 is 9.47 Å². The molecule has 0 N–H and O–H groups in total. The highest BCUT2D eigenvalue weighted by atomic mass is 16.5. The smallest absolute Gasteiger partial charge is 0.338 e. The first-order valence-corrected chi connectivity index (χ1v) is 5.99. The van der Waals surface area contributed by atoms with Crippen molar-refractivity contribution in [3.05, 3.63) is 35.4 Å². The minimum Gasteiger partial charge on any atom is -0.462 e. The summed E-state index contributed by atoms with van der Waals surface area (Å²) < 4.78 is 9.96. The molecular weight excluding hydrogens is 232 g/mol. The lowest BCUT2D eigenvalue weighted by Gasteiger charge is -2.08. The van der Waals surface area contributed by atoms with Gasteiger partial charge in [-0.15, -0.1) is 0 Å². The van der Waals surface area contributed by atoms with Crippen molar-refractivity contribution in [2.45, 2.75) is 20.8 Å². The standard InChI is InChI=1S/C14H18O4/c1-4-17-13(15)11-6-5-7-12(8-11)14(16)18-9-10(2)3/h5-8,10H,4,9H2,1-3H3. The fraction of sp³-hybridized carbons (Fsp3) is 0.429. The zero-order valence-electron chi connectivity index (χ0n) is 10.9. The van der Waals surface area contributed by atoms with E-state index in [-0.39, 0.29) is 5.92 Å². The second-order valence-corrected chi connectivity index (χ2v) is 4.29. The fourth-order valence-electron chi connectivity index (χ4n) is 1.31. The number of hydrogen-bond donors (Lipinski definition) is 0. The maximum absolute atomic E-state index is 11.7. The Kier molecular flexibility index (Phi) is 5.36. The number of carbonyl (C=O) groups is 2. The molecule has 0 fully saturated rings. The van der Waals surface area contributed by atoms with Gasteiger partial charge >= 0.3 is 11.9 Å². The molecule has 18 heavy (non-hydrogen) atoms. The number of rotatable bonds is 5. The molecule has 98 valence electrons. The van der Waals surface area contributed by atoms with Crippen LogP contribution in [0.2, 0.25) is 0 Å². The highest BCUT2D eigenvalue weighted by Gasteiger charge is 2.12. The third kappa shape index (κ3) is 4.20. The van der Waals surface area contributed by atoms with Crippen LogP contribution < -0.4 is 0 Å². The fourth-order valence-corrected chi connectivity index (χ4v) is 1.31. The van der Waals surface area contributed by atoms with Gasteiger partial charge in [-0.25, -0.2) is 9.59 Å². The predicted molar refractivity (Wildman–Crippen MR) is 67.5 cm³/mol. The molecule has 0 spiro atoms. The molecule has 1 aromatic rings. The molecule has 4 nitrogen and oxygen atoms in total. The van der Waals surface area contributed by atoms with Crippen LogP contribution in [0, 0.1) is 5.92 Å². The summed E-state index contributed by atoms with van der Waals surface area (Å²) in [7, 11) is 0. The first-order valence-electron chi connectivity index (χ1n) is 5.99. The normalized spacial score (nSPS) is 10.2. The third-order valence-corrected chi connectivity index (χ3v) is 2.16. The molecule has 0 aliphatic heterocycles. The zero-order valence-corrected chi connectivity index (χ0v) is 10.9. The Morgan fingerprint density at radius 2 is 1.67 bits per heavy atom. The largest absolute Gasteiger partial charge is 0.462 e. The zero-order chi connectivity index (χ0) is 13.5. The van der Waals surface area contributed by atoms with Gasteiger partial charge in [0.05, 0.1) is 24.3 Å². The topological polar surface area (TPSA) is 52.6 Å². The summed E-state index contributed by atoms with van der Waals surface area (Å²) in [5.41, 5.74) is 0.719. The predicted octanol–water partition coefficient (Wildman–Crippen LogP) is 2.68. The van der Waals surface area contributed by atoms with Crippen molar-refractivity contribution in [3.63, 3.8) is 0 Å². The molecule has 0 aliphatic rings. The lowest BCUT2D eigenvalue weighted by molar-refractivity contribution is 0.0459. The van der Waals surface area contributed by atoms with Crippen molar-refractivity contribution in [1.29, 1.82) is 0 Å². The van der Waals surface area contributed by atoms with E-state index in [1.165, 1.54) is 6.07 Å². The van der Waals surface area contributed by atoms with Crippen molar-refractivity contribution < 1.29 is 19.1 Å². The van der Waals surface area contributed by atoms with Crippen LogP contribution in [0.3, 0.4) is 0 Å². The number of benzene rings is 1. The average molecular weight is 250 g/mol. The number of ether oxygens (including phenoxy) is 2. The van der Waals surface area contributed by atoms with Crippen molar-refractivity contribution in [2.75, 3.05) is 13.2 Å². The van der Waals surface area contributed by atoms with E-state index in [2.05, 4.69) is 0 Å². The van der Waals surface area contributed by atoms with E-state index in [1.54, 1.807) is 25.1 Å². The molecule has 1 rings (SSSR count). The van der Waals surface area contributed by atoms with Crippen molar-refractivity contribution in [1.82, 2.24) is 0 Å². The Balaban J connectivity index is 2.75. The number of carbonyl (C=O) groups excluding carboxylic acids is 2. The van der Waals surface area contributed by atoms with E-state index in [0.717, 1.165) is 0 Å². The van der Waals surface area contributed by atoms with Crippen LogP contribution in [0.25, 0.3) is 0 Å². The number of esters is 2. The summed E-state index contributed by atoms with van der Waals surface area (Å²) in [6.07, 6.45) is 0. The monoisotopic (exact) mass is 250 g/mol. The van der Waals surface area contributed by atoms with E-state index < -0.39 is 11.9 Å².